The molecule has 0 aliphatic heterocycles. The molecular formula is C62H62N2. The quantitative estimate of drug-likeness (QED) is 0.151. The van der Waals surface area contributed by atoms with E-state index in [1.165, 1.54) is 122 Å². The number of aryl methyl sites for hydroxylation is 2. The molecule has 6 aromatic carbocycles. The number of allylic oxidation sites excluding steroid dienone is 6. The van der Waals surface area contributed by atoms with Crippen molar-refractivity contribution in [2.24, 2.45) is 0 Å². The summed E-state index contributed by atoms with van der Waals surface area (Å²) >= 11 is 0. The van der Waals surface area contributed by atoms with Crippen LogP contribution < -0.4 is 9.80 Å². The van der Waals surface area contributed by atoms with E-state index in [4.69, 9.17) is 0 Å². The summed E-state index contributed by atoms with van der Waals surface area (Å²) in [6, 6.07) is 51.5. The maximum Gasteiger partial charge on any atom is 0.0560 e. The van der Waals surface area contributed by atoms with Crippen LogP contribution in [-0.4, -0.2) is 6.04 Å². The molecule has 1 saturated carbocycles. The SMILES string of the molecule is Cc1ccc(N(c2ccc(C3(C4=CCC(N(c5ccc(C)cc5)c5ccc6c(c5)C(C)(C)C5=C6C=CCC5)C=C4)CCCCC3)cc2)c2ccc3c(c2)C(C)(C)c2ccccc2-3)cc1. The Hall–Kier alpha value is -6.12. The van der Waals surface area contributed by atoms with Crippen LogP contribution in [0.3, 0.4) is 0 Å². The molecule has 0 amide bonds. The number of fused-ring (bicyclic) bond motifs is 5. The Labute approximate surface area is 382 Å². The van der Waals surface area contributed by atoms with E-state index in [0.29, 0.717) is 0 Å². The lowest BCUT2D eigenvalue weighted by Gasteiger charge is -2.42. The molecule has 0 spiro atoms. The Bertz CT molecular complexity index is 2890. The molecule has 11 rings (SSSR count). The zero-order valence-electron chi connectivity index (χ0n) is 38.7. The van der Waals surface area contributed by atoms with E-state index in [1.54, 1.807) is 5.57 Å². The monoisotopic (exact) mass is 834 g/mol. The smallest absolute Gasteiger partial charge is 0.0560 e. The van der Waals surface area contributed by atoms with Gasteiger partial charge in [0.2, 0.25) is 0 Å². The normalized spacial score (nSPS) is 19.7. The average Bonchev–Trinajstić information content (AvgIpc) is 3.70. The van der Waals surface area contributed by atoms with Gasteiger partial charge in [0, 0.05) is 44.7 Å². The minimum Gasteiger partial charge on any atom is -0.334 e. The third-order valence-corrected chi connectivity index (χ3v) is 15.9. The number of hydrogen-bond donors (Lipinski definition) is 0. The van der Waals surface area contributed by atoms with Gasteiger partial charge < -0.3 is 9.80 Å². The summed E-state index contributed by atoms with van der Waals surface area (Å²) < 4.78 is 0. The van der Waals surface area contributed by atoms with Crippen molar-refractivity contribution in [2.75, 3.05) is 9.80 Å². The van der Waals surface area contributed by atoms with Gasteiger partial charge in [-0.3, -0.25) is 0 Å². The van der Waals surface area contributed by atoms with Gasteiger partial charge >= 0.3 is 0 Å². The Morgan fingerprint density at radius 1 is 0.531 bits per heavy atom. The van der Waals surface area contributed by atoms with Gasteiger partial charge in [0.25, 0.3) is 0 Å². The summed E-state index contributed by atoms with van der Waals surface area (Å²) in [7, 11) is 0. The van der Waals surface area contributed by atoms with E-state index in [-0.39, 0.29) is 22.3 Å². The number of anilines is 5. The molecule has 64 heavy (non-hydrogen) atoms. The van der Waals surface area contributed by atoms with Crippen molar-refractivity contribution in [1.29, 1.82) is 0 Å². The molecule has 0 saturated heterocycles. The second-order valence-electron chi connectivity index (χ2n) is 20.5. The fourth-order valence-electron chi connectivity index (χ4n) is 12.4. The summed E-state index contributed by atoms with van der Waals surface area (Å²) in [5, 5.41) is 0. The fraction of sp³-hybridized carbons (Fsp3) is 0.290. The third kappa shape index (κ3) is 6.58. The fourth-order valence-corrected chi connectivity index (χ4v) is 12.4. The Morgan fingerprint density at radius 2 is 1.12 bits per heavy atom. The van der Waals surface area contributed by atoms with Crippen molar-refractivity contribution in [2.45, 2.75) is 115 Å². The van der Waals surface area contributed by atoms with Gasteiger partial charge in [-0.05, 0) is 157 Å². The van der Waals surface area contributed by atoms with Crippen molar-refractivity contribution in [3.05, 3.63) is 214 Å². The first-order valence-corrected chi connectivity index (χ1v) is 24.0. The highest BCUT2D eigenvalue weighted by Crippen LogP contribution is 2.54. The van der Waals surface area contributed by atoms with Crippen molar-refractivity contribution < 1.29 is 0 Å². The molecule has 1 unspecified atom stereocenters. The standard InChI is InChI=1S/C62H62N2/c1-42-18-26-46(27-19-42)63(50-34-36-54-52-14-8-10-16-56(52)60(3,4)58(54)40-50)48-30-22-44(23-31-48)62(38-12-7-13-39-62)45-24-32-49(33-25-45)64(47-28-20-43(2)21-29-47)51-35-37-55-53-15-9-11-17-57(53)61(5,6)59(55)41-51/h8-10,14-16,18-32,34-37,40-41,49H,7,11-13,17,33,38-39H2,1-6H3. The summed E-state index contributed by atoms with van der Waals surface area (Å²) in [5.41, 5.74) is 23.0. The van der Waals surface area contributed by atoms with E-state index < -0.39 is 0 Å². The minimum atomic E-state index is -0.0671. The van der Waals surface area contributed by atoms with Gasteiger partial charge in [0.05, 0.1) is 6.04 Å². The van der Waals surface area contributed by atoms with E-state index in [9.17, 15) is 0 Å². The van der Waals surface area contributed by atoms with Crippen LogP contribution in [-0.2, 0) is 16.2 Å². The first-order chi connectivity index (χ1) is 31.0. The molecule has 1 fully saturated rings. The Balaban J connectivity index is 0.926. The molecule has 2 nitrogen and oxygen atoms in total. The van der Waals surface area contributed by atoms with Crippen LogP contribution in [0.4, 0.5) is 28.4 Å². The van der Waals surface area contributed by atoms with Gasteiger partial charge in [-0.2, -0.15) is 0 Å². The van der Waals surface area contributed by atoms with Crippen molar-refractivity contribution in [3.8, 4) is 11.1 Å². The molecule has 320 valence electrons. The van der Waals surface area contributed by atoms with E-state index >= 15 is 0 Å². The van der Waals surface area contributed by atoms with Crippen molar-refractivity contribution in [1.82, 2.24) is 0 Å². The second-order valence-corrected chi connectivity index (χ2v) is 20.5. The number of benzene rings is 6. The molecule has 0 heterocycles. The lowest BCUT2D eigenvalue weighted by atomic mass is 9.64. The van der Waals surface area contributed by atoms with Crippen LogP contribution in [0.15, 0.2) is 175 Å². The van der Waals surface area contributed by atoms with Gasteiger partial charge in [-0.1, -0.05) is 167 Å². The largest absolute Gasteiger partial charge is 0.334 e. The highest BCUT2D eigenvalue weighted by Gasteiger charge is 2.40. The molecule has 2 heteroatoms. The molecule has 0 N–H and O–H groups in total. The van der Waals surface area contributed by atoms with Crippen LogP contribution >= 0.6 is 0 Å². The first-order valence-electron chi connectivity index (χ1n) is 24.0. The van der Waals surface area contributed by atoms with Crippen LogP contribution in [0, 0.1) is 13.8 Å². The molecule has 0 bridgehead atoms. The zero-order chi connectivity index (χ0) is 43.8. The predicted molar refractivity (Wildman–Crippen MR) is 272 cm³/mol. The lowest BCUT2D eigenvalue weighted by molar-refractivity contribution is 0.343. The molecule has 5 aliphatic rings. The lowest BCUT2D eigenvalue weighted by Crippen LogP contribution is -2.35. The van der Waals surface area contributed by atoms with Crippen molar-refractivity contribution in [3.63, 3.8) is 0 Å². The Kier molecular flexibility index (Phi) is 9.87. The van der Waals surface area contributed by atoms with E-state index in [1.807, 2.05) is 0 Å². The molecule has 6 aromatic rings. The molecule has 5 aliphatic carbocycles. The number of nitrogens with zero attached hydrogens (tertiary/aromatic N) is 2. The third-order valence-electron chi connectivity index (χ3n) is 15.9. The molecule has 0 radical (unpaired) electrons. The molecule has 1 atom stereocenters. The van der Waals surface area contributed by atoms with Gasteiger partial charge in [-0.15, -0.1) is 0 Å². The summed E-state index contributed by atoms with van der Waals surface area (Å²) in [6.45, 7) is 14.0. The maximum absolute atomic E-state index is 2.61. The average molecular weight is 835 g/mol. The van der Waals surface area contributed by atoms with E-state index in [0.717, 1.165) is 19.3 Å². The molecular weight excluding hydrogens is 773 g/mol. The summed E-state index contributed by atoms with van der Waals surface area (Å²) in [4.78, 5) is 5.07. The molecule has 0 aromatic heterocycles. The van der Waals surface area contributed by atoms with Crippen LogP contribution in [0.25, 0.3) is 16.7 Å². The van der Waals surface area contributed by atoms with Gasteiger partial charge in [0.15, 0.2) is 0 Å². The zero-order valence-corrected chi connectivity index (χ0v) is 38.7. The number of rotatable bonds is 8. The number of hydrogen-bond acceptors (Lipinski definition) is 2. The minimum absolute atomic E-state index is 0.000844. The first kappa shape index (κ1) is 40.6. The van der Waals surface area contributed by atoms with Crippen LogP contribution in [0.1, 0.15) is 118 Å². The second kappa shape index (κ2) is 15.5. The Morgan fingerprint density at radius 3 is 1.83 bits per heavy atom. The van der Waals surface area contributed by atoms with Crippen molar-refractivity contribution >= 4 is 34.0 Å². The van der Waals surface area contributed by atoms with Gasteiger partial charge in [-0.25, -0.2) is 0 Å². The van der Waals surface area contributed by atoms with Gasteiger partial charge in [0.1, 0.15) is 0 Å². The topological polar surface area (TPSA) is 6.48 Å². The van der Waals surface area contributed by atoms with E-state index in [2.05, 4.69) is 215 Å². The predicted octanol–water partition coefficient (Wildman–Crippen LogP) is 16.8. The van der Waals surface area contributed by atoms with Crippen LogP contribution in [0.5, 0.6) is 0 Å². The maximum atomic E-state index is 2.61. The van der Waals surface area contributed by atoms with Crippen LogP contribution in [0.2, 0.25) is 0 Å². The highest BCUT2D eigenvalue weighted by atomic mass is 15.2. The summed E-state index contributed by atoms with van der Waals surface area (Å²) in [6.07, 6.45) is 21.8. The summed E-state index contributed by atoms with van der Waals surface area (Å²) in [5.74, 6) is 0. The highest BCUT2D eigenvalue weighted by molar-refractivity contribution is 5.89.